The Morgan fingerprint density at radius 2 is 1.73 bits per heavy atom. The highest BCUT2D eigenvalue weighted by molar-refractivity contribution is 7.89. The van der Waals surface area contributed by atoms with E-state index in [2.05, 4.69) is 15.5 Å². The summed E-state index contributed by atoms with van der Waals surface area (Å²) >= 11 is 5.50. The molecule has 0 unspecified atom stereocenters. The Kier molecular flexibility index (Phi) is 7.69. The third-order valence-electron chi connectivity index (χ3n) is 5.30. The topological polar surface area (TPSA) is 64.7 Å². The summed E-state index contributed by atoms with van der Waals surface area (Å²) in [6.07, 6.45) is 2.27. The van der Waals surface area contributed by atoms with E-state index in [4.69, 9.17) is 12.2 Å². The first-order valence-corrected chi connectivity index (χ1v) is 12.3. The minimum atomic E-state index is -3.54. The quantitative estimate of drug-likeness (QED) is 0.602. The van der Waals surface area contributed by atoms with E-state index in [0.29, 0.717) is 24.7 Å². The summed E-state index contributed by atoms with van der Waals surface area (Å²) in [6, 6.07) is 15.3. The van der Waals surface area contributed by atoms with Crippen LogP contribution in [0.3, 0.4) is 0 Å². The fourth-order valence-electron chi connectivity index (χ4n) is 3.67. The molecule has 1 heterocycles. The van der Waals surface area contributed by atoms with Gasteiger partial charge in [0.05, 0.1) is 16.3 Å². The lowest BCUT2D eigenvalue weighted by molar-refractivity contribution is 0.445. The Hall–Kier alpha value is -2.16. The molecule has 0 saturated carbocycles. The van der Waals surface area contributed by atoms with E-state index < -0.39 is 10.0 Å². The lowest BCUT2D eigenvalue weighted by Crippen LogP contribution is -2.31. The normalized spacial score (nSPS) is 14.2. The summed E-state index contributed by atoms with van der Waals surface area (Å²) in [7, 11) is -3.54. The Balaban J connectivity index is 1.84. The molecule has 30 heavy (non-hydrogen) atoms. The molecule has 0 amide bonds. The molecule has 0 spiro atoms. The molecule has 1 fully saturated rings. The molecular weight excluding hydrogens is 416 g/mol. The summed E-state index contributed by atoms with van der Waals surface area (Å²) in [4.78, 5) is 2.55. The van der Waals surface area contributed by atoms with Gasteiger partial charge in [-0.3, -0.25) is 0 Å². The van der Waals surface area contributed by atoms with Gasteiger partial charge in [0, 0.05) is 32.7 Å². The predicted octanol–water partition coefficient (Wildman–Crippen LogP) is 3.80. The second kappa shape index (κ2) is 10.2. The summed E-state index contributed by atoms with van der Waals surface area (Å²) < 4.78 is 27.5. The Bertz CT molecular complexity index is 954. The first-order valence-electron chi connectivity index (χ1n) is 10.4. The van der Waals surface area contributed by atoms with E-state index in [1.165, 1.54) is 4.31 Å². The third kappa shape index (κ3) is 5.30. The van der Waals surface area contributed by atoms with Gasteiger partial charge in [0.25, 0.3) is 0 Å². The molecule has 1 aliphatic rings. The van der Waals surface area contributed by atoms with Crippen LogP contribution in [-0.4, -0.2) is 44.0 Å². The molecule has 0 atom stereocenters. The average Bonchev–Trinajstić information content (AvgIpc) is 3.28. The van der Waals surface area contributed by atoms with Crippen LogP contribution in [0.25, 0.3) is 0 Å². The van der Waals surface area contributed by atoms with Crippen molar-refractivity contribution in [2.24, 2.45) is 0 Å². The largest absolute Gasteiger partial charge is 0.370 e. The number of anilines is 2. The van der Waals surface area contributed by atoms with Crippen molar-refractivity contribution in [3.8, 4) is 0 Å². The maximum absolute atomic E-state index is 13.0. The first-order chi connectivity index (χ1) is 14.5. The second-order valence-electron chi connectivity index (χ2n) is 7.26. The molecule has 2 N–H and O–H groups in total. The van der Waals surface area contributed by atoms with Crippen molar-refractivity contribution in [2.75, 3.05) is 36.4 Å². The van der Waals surface area contributed by atoms with Crippen LogP contribution in [-0.2, 0) is 16.6 Å². The van der Waals surface area contributed by atoms with Gasteiger partial charge >= 0.3 is 0 Å². The van der Waals surface area contributed by atoms with Gasteiger partial charge in [-0.1, -0.05) is 44.2 Å². The van der Waals surface area contributed by atoms with Gasteiger partial charge in [-0.15, -0.1) is 0 Å². The van der Waals surface area contributed by atoms with Crippen molar-refractivity contribution < 1.29 is 8.42 Å². The molecule has 6 nitrogen and oxygen atoms in total. The minimum Gasteiger partial charge on any atom is -0.370 e. The molecule has 0 radical (unpaired) electrons. The Morgan fingerprint density at radius 3 is 2.37 bits per heavy atom. The number of thiocarbonyl (C=S) groups is 1. The number of benzene rings is 2. The van der Waals surface area contributed by atoms with E-state index in [9.17, 15) is 8.42 Å². The van der Waals surface area contributed by atoms with Crippen LogP contribution in [0.1, 0.15) is 32.3 Å². The average molecular weight is 447 g/mol. The van der Waals surface area contributed by atoms with Crippen LogP contribution >= 0.6 is 12.2 Å². The maximum atomic E-state index is 13.0. The van der Waals surface area contributed by atoms with Crippen molar-refractivity contribution in [2.45, 2.75) is 38.1 Å². The maximum Gasteiger partial charge on any atom is 0.243 e. The minimum absolute atomic E-state index is 0.280. The fourth-order valence-corrected chi connectivity index (χ4v) is 5.33. The molecule has 162 valence electrons. The molecular formula is C22H30N4O2S2. The first kappa shape index (κ1) is 22.5. The number of hydrogen-bond donors (Lipinski definition) is 2. The lowest BCUT2D eigenvalue weighted by Gasteiger charge is -2.24. The van der Waals surface area contributed by atoms with Crippen molar-refractivity contribution in [1.29, 1.82) is 0 Å². The third-order valence-corrected chi connectivity index (χ3v) is 7.59. The fraction of sp³-hybridized carbons (Fsp3) is 0.409. The van der Waals surface area contributed by atoms with Crippen molar-refractivity contribution >= 4 is 38.7 Å². The van der Waals surface area contributed by atoms with Crippen LogP contribution in [0.4, 0.5) is 11.4 Å². The van der Waals surface area contributed by atoms with Gasteiger partial charge in [-0.2, -0.15) is 4.31 Å². The van der Waals surface area contributed by atoms with Gasteiger partial charge in [-0.05, 0) is 48.8 Å². The van der Waals surface area contributed by atoms with E-state index >= 15 is 0 Å². The summed E-state index contributed by atoms with van der Waals surface area (Å²) in [5, 5.41) is 6.92. The highest BCUT2D eigenvalue weighted by Crippen LogP contribution is 2.32. The zero-order valence-electron chi connectivity index (χ0n) is 17.6. The van der Waals surface area contributed by atoms with Gasteiger partial charge in [-0.25, -0.2) is 8.42 Å². The molecule has 1 aliphatic heterocycles. The van der Waals surface area contributed by atoms with Gasteiger partial charge < -0.3 is 15.5 Å². The van der Waals surface area contributed by atoms with Crippen LogP contribution in [0.5, 0.6) is 0 Å². The summed E-state index contributed by atoms with van der Waals surface area (Å²) in [5.74, 6) is 0. The van der Waals surface area contributed by atoms with Crippen LogP contribution in [0.2, 0.25) is 0 Å². The molecule has 0 aromatic heterocycles. The molecule has 3 rings (SSSR count). The molecule has 0 aliphatic carbocycles. The van der Waals surface area contributed by atoms with Crippen LogP contribution in [0, 0.1) is 0 Å². The van der Waals surface area contributed by atoms with E-state index in [1.54, 1.807) is 12.1 Å². The van der Waals surface area contributed by atoms with Gasteiger partial charge in [0.1, 0.15) is 0 Å². The Morgan fingerprint density at radius 1 is 1.07 bits per heavy atom. The summed E-state index contributed by atoms with van der Waals surface area (Å²) in [6.45, 7) is 7.09. The number of rotatable bonds is 8. The molecule has 2 aromatic rings. The van der Waals surface area contributed by atoms with Crippen LogP contribution in [0.15, 0.2) is 53.4 Å². The van der Waals surface area contributed by atoms with Crippen molar-refractivity contribution in [1.82, 2.24) is 9.62 Å². The smallest absolute Gasteiger partial charge is 0.243 e. The lowest BCUT2D eigenvalue weighted by atomic mass is 10.2. The number of nitrogens with zero attached hydrogens (tertiary/aromatic N) is 2. The number of nitrogens with one attached hydrogen (secondary N) is 2. The zero-order chi connectivity index (χ0) is 21.6. The number of sulfonamides is 1. The molecule has 1 saturated heterocycles. The standard InChI is InChI=1S/C22H30N4O2S2/c1-3-26(4-2)30(27,28)19-12-13-21(25-14-8-9-15-25)20(16-19)24-22(29)23-17-18-10-6-5-7-11-18/h5-7,10-13,16H,3-4,8-9,14-15,17H2,1-2H3,(H2,23,24,29). The van der Waals surface area contributed by atoms with E-state index in [-0.39, 0.29) is 4.90 Å². The highest BCUT2D eigenvalue weighted by atomic mass is 32.2. The van der Waals surface area contributed by atoms with Crippen molar-refractivity contribution in [3.63, 3.8) is 0 Å². The molecule has 2 aromatic carbocycles. The van der Waals surface area contributed by atoms with E-state index in [0.717, 1.165) is 42.9 Å². The van der Waals surface area contributed by atoms with E-state index in [1.807, 2.05) is 50.2 Å². The van der Waals surface area contributed by atoms with Crippen molar-refractivity contribution in [3.05, 3.63) is 54.1 Å². The predicted molar refractivity (Wildman–Crippen MR) is 127 cm³/mol. The molecule has 8 heteroatoms. The highest BCUT2D eigenvalue weighted by Gasteiger charge is 2.24. The van der Waals surface area contributed by atoms with Crippen LogP contribution < -0.4 is 15.5 Å². The second-order valence-corrected chi connectivity index (χ2v) is 9.60. The summed E-state index contributed by atoms with van der Waals surface area (Å²) in [5.41, 5.74) is 2.82. The SMILES string of the molecule is CCN(CC)S(=O)(=O)c1ccc(N2CCCC2)c(NC(=S)NCc2ccccc2)c1. The molecule has 0 bridgehead atoms. The number of hydrogen-bond acceptors (Lipinski definition) is 4. The van der Waals surface area contributed by atoms with Gasteiger partial charge in [0.15, 0.2) is 5.11 Å². The monoisotopic (exact) mass is 446 g/mol. The zero-order valence-corrected chi connectivity index (χ0v) is 19.2. The van der Waals surface area contributed by atoms with Gasteiger partial charge in [0.2, 0.25) is 10.0 Å². The Labute approximate surface area is 185 Å².